The molecular weight excluding hydrogens is 424 g/mol. The summed E-state index contributed by atoms with van der Waals surface area (Å²) in [5, 5.41) is 9.95. The van der Waals surface area contributed by atoms with Crippen molar-refractivity contribution in [1.82, 2.24) is 20.0 Å². The lowest BCUT2D eigenvalue weighted by atomic mass is 10.0. The quantitative estimate of drug-likeness (QED) is 0.566. The Bertz CT molecular complexity index is 1140. The molecule has 1 aliphatic rings. The third-order valence-corrected chi connectivity index (χ3v) is 6.36. The van der Waals surface area contributed by atoms with Crippen molar-refractivity contribution in [2.45, 2.75) is 45.2 Å². The second kappa shape index (κ2) is 10.3. The van der Waals surface area contributed by atoms with Crippen molar-refractivity contribution < 1.29 is 4.79 Å². The van der Waals surface area contributed by atoms with Gasteiger partial charge in [0.05, 0.1) is 17.6 Å². The third-order valence-electron chi connectivity index (χ3n) is 6.11. The zero-order valence-corrected chi connectivity index (χ0v) is 19.1. The van der Waals surface area contributed by atoms with Crippen molar-refractivity contribution in [3.05, 3.63) is 75.2 Å². The van der Waals surface area contributed by atoms with E-state index in [-0.39, 0.29) is 17.5 Å². The summed E-state index contributed by atoms with van der Waals surface area (Å²) in [6.07, 6.45) is 3.18. The summed E-state index contributed by atoms with van der Waals surface area (Å²) in [7, 11) is 0. The number of amides is 1. The van der Waals surface area contributed by atoms with E-state index in [1.54, 1.807) is 4.68 Å². The topological polar surface area (TPSA) is 67.2 Å². The molecule has 1 fully saturated rings. The summed E-state index contributed by atoms with van der Waals surface area (Å²) in [6, 6.07) is 15.6. The van der Waals surface area contributed by atoms with Crippen LogP contribution in [0.25, 0.3) is 10.8 Å². The molecule has 1 aliphatic heterocycles. The van der Waals surface area contributed by atoms with Gasteiger partial charge in [0.1, 0.15) is 0 Å². The molecule has 2 aromatic carbocycles. The molecule has 0 radical (unpaired) electrons. The van der Waals surface area contributed by atoms with Crippen LogP contribution in [-0.2, 0) is 17.8 Å². The number of aromatic nitrogens is 2. The number of rotatable bonds is 8. The SMILES string of the molecule is CCNC(=O)CCN1CCCC1Cn1nc(Cc2ccc(Cl)cc2)c2ccccc2c1=O. The molecule has 3 aromatic rings. The molecule has 7 heteroatoms. The minimum absolute atomic E-state index is 0.0592. The Balaban J connectivity index is 1.59. The van der Waals surface area contributed by atoms with Crippen LogP contribution in [0, 0.1) is 0 Å². The van der Waals surface area contributed by atoms with Gasteiger partial charge in [0.25, 0.3) is 5.56 Å². The number of hydrogen-bond acceptors (Lipinski definition) is 4. The van der Waals surface area contributed by atoms with Gasteiger partial charge in [0.15, 0.2) is 0 Å². The van der Waals surface area contributed by atoms with Gasteiger partial charge < -0.3 is 5.32 Å². The van der Waals surface area contributed by atoms with Gasteiger partial charge in [0.2, 0.25) is 5.91 Å². The number of nitrogens with zero attached hydrogens (tertiary/aromatic N) is 3. The van der Waals surface area contributed by atoms with E-state index < -0.39 is 0 Å². The summed E-state index contributed by atoms with van der Waals surface area (Å²) < 4.78 is 1.63. The maximum atomic E-state index is 13.2. The van der Waals surface area contributed by atoms with Crippen molar-refractivity contribution in [3.63, 3.8) is 0 Å². The molecular formula is C25H29ClN4O2. The van der Waals surface area contributed by atoms with Crippen LogP contribution in [-0.4, -0.2) is 46.3 Å². The second-order valence-electron chi connectivity index (χ2n) is 8.32. The van der Waals surface area contributed by atoms with E-state index >= 15 is 0 Å². The molecule has 0 saturated carbocycles. The molecule has 0 bridgehead atoms. The zero-order valence-electron chi connectivity index (χ0n) is 18.4. The van der Waals surface area contributed by atoms with Gasteiger partial charge in [-0.1, -0.05) is 41.9 Å². The van der Waals surface area contributed by atoms with Crippen molar-refractivity contribution >= 4 is 28.3 Å². The van der Waals surface area contributed by atoms with Gasteiger partial charge in [-0.2, -0.15) is 5.10 Å². The summed E-state index contributed by atoms with van der Waals surface area (Å²) in [4.78, 5) is 27.4. The van der Waals surface area contributed by atoms with E-state index in [0.717, 1.165) is 36.0 Å². The normalized spacial score (nSPS) is 16.5. The second-order valence-corrected chi connectivity index (χ2v) is 8.75. The maximum Gasteiger partial charge on any atom is 0.274 e. The maximum absolute atomic E-state index is 13.2. The number of fused-ring (bicyclic) bond motifs is 1. The third kappa shape index (κ3) is 5.19. The monoisotopic (exact) mass is 452 g/mol. The van der Waals surface area contributed by atoms with Crippen LogP contribution in [0.5, 0.6) is 0 Å². The fourth-order valence-corrected chi connectivity index (χ4v) is 4.61. The Labute approximate surface area is 193 Å². The lowest BCUT2D eigenvalue weighted by Gasteiger charge is -2.24. The first kappa shape index (κ1) is 22.5. The van der Waals surface area contributed by atoms with Crippen LogP contribution in [0.3, 0.4) is 0 Å². The highest BCUT2D eigenvalue weighted by Gasteiger charge is 2.26. The van der Waals surface area contributed by atoms with Gasteiger partial charge in [-0.05, 0) is 50.1 Å². The number of nitrogens with one attached hydrogen (secondary N) is 1. The molecule has 1 atom stereocenters. The molecule has 2 heterocycles. The molecule has 1 N–H and O–H groups in total. The van der Waals surface area contributed by atoms with Gasteiger partial charge in [-0.25, -0.2) is 4.68 Å². The van der Waals surface area contributed by atoms with Gasteiger partial charge in [-0.3, -0.25) is 14.5 Å². The highest BCUT2D eigenvalue weighted by atomic mass is 35.5. The number of carbonyl (C=O) groups excluding carboxylic acids is 1. The summed E-state index contributed by atoms with van der Waals surface area (Å²) >= 11 is 6.04. The van der Waals surface area contributed by atoms with Crippen molar-refractivity contribution in [2.24, 2.45) is 0 Å². The number of benzene rings is 2. The van der Waals surface area contributed by atoms with E-state index in [1.165, 1.54) is 0 Å². The summed E-state index contributed by atoms with van der Waals surface area (Å²) in [6.45, 7) is 4.76. The number of hydrogen-bond donors (Lipinski definition) is 1. The fraction of sp³-hybridized carbons (Fsp3) is 0.400. The molecule has 0 spiro atoms. The van der Waals surface area contributed by atoms with Crippen molar-refractivity contribution in [1.29, 1.82) is 0 Å². The summed E-state index contributed by atoms with van der Waals surface area (Å²) in [5.74, 6) is 0.0735. The first-order chi connectivity index (χ1) is 15.5. The van der Waals surface area contributed by atoms with Crippen LogP contribution in [0.15, 0.2) is 53.3 Å². The highest BCUT2D eigenvalue weighted by Crippen LogP contribution is 2.21. The largest absolute Gasteiger partial charge is 0.356 e. The molecule has 0 aliphatic carbocycles. The van der Waals surface area contributed by atoms with Gasteiger partial charge >= 0.3 is 0 Å². The Morgan fingerprint density at radius 2 is 1.91 bits per heavy atom. The van der Waals surface area contributed by atoms with Crippen LogP contribution in [0.4, 0.5) is 0 Å². The van der Waals surface area contributed by atoms with Crippen LogP contribution in [0.1, 0.15) is 37.4 Å². The van der Waals surface area contributed by atoms with Gasteiger partial charge in [-0.15, -0.1) is 0 Å². The van der Waals surface area contributed by atoms with E-state index in [4.69, 9.17) is 16.7 Å². The molecule has 1 amide bonds. The van der Waals surface area contributed by atoms with Crippen molar-refractivity contribution in [3.8, 4) is 0 Å². The van der Waals surface area contributed by atoms with Crippen LogP contribution >= 0.6 is 11.6 Å². The fourth-order valence-electron chi connectivity index (χ4n) is 4.48. The van der Waals surface area contributed by atoms with E-state index in [1.807, 2.05) is 55.5 Å². The molecule has 1 saturated heterocycles. The lowest BCUT2D eigenvalue weighted by molar-refractivity contribution is -0.121. The summed E-state index contributed by atoms with van der Waals surface area (Å²) in [5.41, 5.74) is 1.92. The lowest BCUT2D eigenvalue weighted by Crippen LogP contribution is -2.39. The van der Waals surface area contributed by atoms with Gasteiger partial charge in [0, 0.05) is 42.4 Å². The molecule has 6 nitrogen and oxygen atoms in total. The Morgan fingerprint density at radius 3 is 2.66 bits per heavy atom. The smallest absolute Gasteiger partial charge is 0.274 e. The van der Waals surface area contributed by atoms with E-state index in [2.05, 4.69) is 10.2 Å². The van der Waals surface area contributed by atoms with Crippen LogP contribution < -0.4 is 10.9 Å². The van der Waals surface area contributed by atoms with Crippen molar-refractivity contribution in [2.75, 3.05) is 19.6 Å². The number of halogens is 1. The Kier molecular flexibility index (Phi) is 7.22. The standard InChI is InChI=1S/C25H29ClN4O2/c1-2-27-24(31)13-15-29-14-5-6-20(29)17-30-25(32)22-8-4-3-7-21(22)23(28-30)16-18-9-11-19(26)12-10-18/h3-4,7-12,20H,2,5-6,13-17H2,1H3,(H,27,31). The molecule has 1 unspecified atom stereocenters. The minimum atomic E-state index is -0.0592. The first-order valence-electron chi connectivity index (χ1n) is 11.3. The predicted octanol–water partition coefficient (Wildman–Crippen LogP) is 3.63. The van der Waals surface area contributed by atoms with Crippen LogP contribution in [0.2, 0.25) is 5.02 Å². The molecule has 168 valence electrons. The number of likely N-dealkylation sites (tertiary alicyclic amines) is 1. The Hall–Kier alpha value is -2.70. The Morgan fingerprint density at radius 1 is 1.16 bits per heavy atom. The minimum Gasteiger partial charge on any atom is -0.356 e. The molecule has 1 aromatic heterocycles. The average Bonchev–Trinajstić information content (AvgIpc) is 3.24. The predicted molar refractivity (Wildman–Crippen MR) is 128 cm³/mol. The number of carbonyl (C=O) groups is 1. The van der Waals surface area contributed by atoms with E-state index in [9.17, 15) is 9.59 Å². The first-order valence-corrected chi connectivity index (χ1v) is 11.7. The molecule has 4 rings (SSSR count). The van der Waals surface area contributed by atoms with E-state index in [0.29, 0.717) is 42.9 Å². The zero-order chi connectivity index (χ0) is 22.5. The average molecular weight is 453 g/mol. The molecule has 32 heavy (non-hydrogen) atoms. The highest BCUT2D eigenvalue weighted by molar-refractivity contribution is 6.30.